The van der Waals surface area contributed by atoms with Crippen LogP contribution in [-0.4, -0.2) is 24.0 Å². The molecule has 2 fully saturated rings. The molecule has 4 heteroatoms. The molecule has 3 aromatic carbocycles. The summed E-state index contributed by atoms with van der Waals surface area (Å²) in [6.07, 6.45) is 4.40. The third kappa shape index (κ3) is 3.53. The molecule has 1 saturated heterocycles. The molecule has 0 aromatic heterocycles. The third-order valence-corrected chi connectivity index (χ3v) is 9.18. The second kappa shape index (κ2) is 7.55. The molecular weight excluding hydrogens is 453 g/mol. The number of aliphatic imine (C=N–C) groups is 1. The molecule has 0 amide bonds. The van der Waals surface area contributed by atoms with E-state index in [1.165, 1.54) is 44.0 Å². The summed E-state index contributed by atoms with van der Waals surface area (Å²) < 4.78 is 12.8. The average Bonchev–Trinajstić information content (AvgIpc) is 3.44. The van der Waals surface area contributed by atoms with Crippen molar-refractivity contribution in [1.82, 2.24) is 0 Å². The highest BCUT2D eigenvalue weighted by molar-refractivity contribution is 6.62. The van der Waals surface area contributed by atoms with Gasteiger partial charge in [-0.3, -0.25) is 4.99 Å². The Balaban J connectivity index is 1.36. The van der Waals surface area contributed by atoms with Crippen LogP contribution in [0.5, 0.6) is 0 Å². The number of hydrogen-bond acceptors (Lipinski definition) is 3. The van der Waals surface area contributed by atoms with Crippen LogP contribution in [0.4, 0.5) is 5.69 Å². The molecule has 37 heavy (non-hydrogen) atoms. The first-order chi connectivity index (χ1) is 17.5. The molecule has 4 aliphatic rings. The molecule has 1 unspecified atom stereocenters. The van der Waals surface area contributed by atoms with Crippen LogP contribution in [-0.2, 0) is 9.31 Å². The van der Waals surface area contributed by atoms with Crippen LogP contribution in [0.2, 0.25) is 0 Å². The number of rotatable bonds is 2. The molecule has 186 valence electrons. The fraction of sp³-hybridized carbons (Fsp3) is 0.364. The lowest BCUT2D eigenvalue weighted by Gasteiger charge is -2.37. The van der Waals surface area contributed by atoms with Crippen molar-refractivity contribution in [3.63, 3.8) is 0 Å². The van der Waals surface area contributed by atoms with Gasteiger partial charge in [0.15, 0.2) is 0 Å². The van der Waals surface area contributed by atoms with Crippen molar-refractivity contribution < 1.29 is 9.31 Å². The van der Waals surface area contributed by atoms with Crippen molar-refractivity contribution in [2.45, 2.75) is 71.5 Å². The number of benzene rings is 3. The zero-order valence-corrected chi connectivity index (χ0v) is 22.7. The van der Waals surface area contributed by atoms with Crippen molar-refractivity contribution in [2.24, 2.45) is 10.4 Å². The van der Waals surface area contributed by atoms with Crippen LogP contribution in [0.25, 0.3) is 22.8 Å². The molecule has 2 heterocycles. The Morgan fingerprint density at radius 1 is 0.838 bits per heavy atom. The number of nitrogens with zero attached hydrogens (tertiary/aromatic N) is 1. The van der Waals surface area contributed by atoms with Crippen molar-refractivity contribution in [3.05, 3.63) is 82.2 Å². The van der Waals surface area contributed by atoms with Crippen LogP contribution in [0.1, 0.15) is 71.4 Å². The van der Waals surface area contributed by atoms with Crippen LogP contribution < -0.4 is 15.9 Å². The van der Waals surface area contributed by atoms with Gasteiger partial charge in [0, 0.05) is 16.8 Å². The van der Waals surface area contributed by atoms with Crippen LogP contribution in [0.3, 0.4) is 0 Å². The molecule has 3 nitrogen and oxygen atoms in total. The van der Waals surface area contributed by atoms with Crippen molar-refractivity contribution in [3.8, 4) is 11.1 Å². The zero-order valence-electron chi connectivity index (χ0n) is 22.7. The van der Waals surface area contributed by atoms with Crippen molar-refractivity contribution in [2.75, 3.05) is 0 Å². The van der Waals surface area contributed by atoms with Gasteiger partial charge in [0.2, 0.25) is 0 Å². The van der Waals surface area contributed by atoms with Gasteiger partial charge in [0.05, 0.1) is 16.9 Å². The summed E-state index contributed by atoms with van der Waals surface area (Å²) in [5.41, 5.74) is 9.62. The first-order valence-electron chi connectivity index (χ1n) is 13.5. The van der Waals surface area contributed by atoms with Gasteiger partial charge in [-0.05, 0) is 103 Å². The monoisotopic (exact) mass is 487 g/mol. The Labute approximate surface area is 220 Å². The quantitative estimate of drug-likeness (QED) is 0.343. The van der Waals surface area contributed by atoms with E-state index >= 15 is 0 Å². The lowest BCUT2D eigenvalue weighted by molar-refractivity contribution is 0.00578. The first kappa shape index (κ1) is 23.2. The summed E-state index contributed by atoms with van der Waals surface area (Å²) in [4.78, 5) is 5.23. The molecular formula is C33H34BNO2. The summed E-state index contributed by atoms with van der Waals surface area (Å²) in [6, 6.07) is 22.3. The van der Waals surface area contributed by atoms with Gasteiger partial charge in [-0.25, -0.2) is 0 Å². The van der Waals surface area contributed by atoms with E-state index in [-0.39, 0.29) is 29.7 Å². The van der Waals surface area contributed by atoms with Crippen LogP contribution >= 0.6 is 0 Å². The Kier molecular flexibility index (Phi) is 4.73. The fourth-order valence-corrected chi connectivity index (χ4v) is 6.55. The number of fused-ring (bicyclic) bond motifs is 5. The minimum Gasteiger partial charge on any atom is -0.399 e. The molecule has 2 aliphatic carbocycles. The molecule has 0 radical (unpaired) electrons. The lowest BCUT2D eigenvalue weighted by Crippen LogP contribution is -2.41. The average molecular weight is 487 g/mol. The lowest BCUT2D eigenvalue weighted by atomic mass is 9.66. The summed E-state index contributed by atoms with van der Waals surface area (Å²) in [6.45, 7) is 13.2. The van der Waals surface area contributed by atoms with Crippen molar-refractivity contribution >= 4 is 35.6 Å². The van der Waals surface area contributed by atoms with Gasteiger partial charge in [-0.1, -0.05) is 62.4 Å². The number of hydrogen-bond donors (Lipinski definition) is 0. The highest BCUT2D eigenvalue weighted by Crippen LogP contribution is 2.48. The third-order valence-electron chi connectivity index (χ3n) is 9.18. The topological polar surface area (TPSA) is 30.8 Å². The predicted octanol–water partition coefficient (Wildman–Crippen LogP) is 5.64. The highest BCUT2D eigenvalue weighted by atomic mass is 16.7. The van der Waals surface area contributed by atoms with E-state index < -0.39 is 0 Å². The molecule has 2 aliphatic heterocycles. The van der Waals surface area contributed by atoms with E-state index in [1.54, 1.807) is 0 Å². The summed E-state index contributed by atoms with van der Waals surface area (Å²) >= 11 is 0. The maximum Gasteiger partial charge on any atom is 0.494 e. The minimum absolute atomic E-state index is 0.177. The standard InChI is InChI=1S/C33H34BNO2/c1-31(2)18-27(21-11-9-12-23(15-21)34-36-32(3,4)33(5,6)37-34)30-26-17-25-22(16-28(26)35-29(30)19-31)14-20-10-7-8-13-24(20)25/h7-17,27H,18-19H2,1-6H3. The Morgan fingerprint density at radius 2 is 1.59 bits per heavy atom. The van der Waals surface area contributed by atoms with E-state index in [0.717, 1.165) is 24.0 Å². The van der Waals surface area contributed by atoms with Gasteiger partial charge in [-0.15, -0.1) is 0 Å². The Bertz CT molecular complexity index is 1610. The van der Waals surface area contributed by atoms with Gasteiger partial charge >= 0.3 is 7.12 Å². The summed E-state index contributed by atoms with van der Waals surface area (Å²) in [5, 5.41) is 2.59. The first-order valence-corrected chi connectivity index (χ1v) is 13.5. The Hall–Kier alpha value is -2.95. The zero-order chi connectivity index (χ0) is 25.7. The van der Waals surface area contributed by atoms with Gasteiger partial charge in [-0.2, -0.15) is 0 Å². The SMILES string of the molecule is CC1(C)CC2=Nc3cc4c(cc3=C2C(c2cccc(B3OC(C)(C)C(C)(C)O3)c2)C1)-c1ccccc1C=4. The van der Waals surface area contributed by atoms with Crippen molar-refractivity contribution in [1.29, 1.82) is 0 Å². The van der Waals surface area contributed by atoms with Gasteiger partial charge in [0.1, 0.15) is 0 Å². The molecule has 7 rings (SSSR count). The fourth-order valence-electron chi connectivity index (χ4n) is 6.55. The molecule has 1 saturated carbocycles. The van der Waals surface area contributed by atoms with E-state index in [0.29, 0.717) is 0 Å². The smallest absolute Gasteiger partial charge is 0.399 e. The van der Waals surface area contributed by atoms with E-state index in [1.807, 2.05) is 0 Å². The van der Waals surface area contributed by atoms with E-state index in [9.17, 15) is 0 Å². The minimum atomic E-state index is -0.356. The van der Waals surface area contributed by atoms with Gasteiger partial charge < -0.3 is 9.31 Å². The van der Waals surface area contributed by atoms with Crippen LogP contribution in [0.15, 0.2) is 65.7 Å². The molecule has 3 aromatic rings. The molecule has 1 atom stereocenters. The normalized spacial score (nSPS) is 23.6. The summed E-state index contributed by atoms with van der Waals surface area (Å²) in [5.74, 6) is 0.282. The summed E-state index contributed by atoms with van der Waals surface area (Å²) in [7, 11) is -0.356. The van der Waals surface area contributed by atoms with E-state index in [2.05, 4.69) is 108 Å². The second-order valence-electron chi connectivity index (χ2n) is 13.0. The van der Waals surface area contributed by atoms with Gasteiger partial charge in [0.25, 0.3) is 0 Å². The maximum absolute atomic E-state index is 6.40. The predicted molar refractivity (Wildman–Crippen MR) is 153 cm³/mol. The molecule has 0 N–H and O–H groups in total. The molecule has 0 bridgehead atoms. The highest BCUT2D eigenvalue weighted by Gasteiger charge is 2.52. The van der Waals surface area contributed by atoms with E-state index in [4.69, 9.17) is 14.3 Å². The second-order valence-corrected chi connectivity index (χ2v) is 13.0. The van der Waals surface area contributed by atoms with Crippen LogP contribution in [0, 0.1) is 5.41 Å². The maximum atomic E-state index is 6.40. The Morgan fingerprint density at radius 3 is 2.38 bits per heavy atom. The largest absolute Gasteiger partial charge is 0.494 e. The molecule has 0 spiro atoms.